The van der Waals surface area contributed by atoms with Crippen molar-refractivity contribution in [2.45, 2.75) is 13.3 Å². The second kappa shape index (κ2) is 10.4. The predicted octanol–water partition coefficient (Wildman–Crippen LogP) is 5.65. The van der Waals surface area contributed by atoms with Crippen LogP contribution in [0.1, 0.15) is 45.8 Å². The molecule has 3 amide bonds. The largest absolute Gasteiger partial charge is 0.322 e. The lowest BCUT2D eigenvalue weighted by Gasteiger charge is -2.14. The highest BCUT2D eigenvalue weighted by Crippen LogP contribution is 2.18. The predicted molar refractivity (Wildman–Crippen MR) is 136 cm³/mol. The SMILES string of the molecule is CC1C=CC(NC(=O)c2cc(C(=O)Nc3ccccc3)cc(C(=O)Nc3ccccc3)c2)=CC1.[HH]. The molecule has 172 valence electrons. The highest BCUT2D eigenvalue weighted by Gasteiger charge is 2.18. The standard InChI is InChI=1S/C28H25N3O3.H2/c1-19-12-14-25(15-13-19)31-28(34)22-17-20(26(32)29-23-8-4-2-5-9-23)16-21(18-22)27(33)30-24-10-6-3-7-11-24;/h2-12,14-19H,13H2,1H3,(H,29,32)(H,30,33)(H,31,34);1H. The summed E-state index contributed by atoms with van der Waals surface area (Å²) < 4.78 is 0. The molecule has 3 N–H and O–H groups in total. The molecule has 0 radical (unpaired) electrons. The lowest BCUT2D eigenvalue weighted by Crippen LogP contribution is -2.24. The van der Waals surface area contributed by atoms with E-state index in [1.54, 1.807) is 24.3 Å². The fourth-order valence-electron chi connectivity index (χ4n) is 3.49. The van der Waals surface area contributed by atoms with E-state index in [2.05, 4.69) is 22.9 Å². The Hall–Kier alpha value is -4.45. The third-order valence-corrected chi connectivity index (χ3v) is 5.35. The number of para-hydroxylation sites is 2. The van der Waals surface area contributed by atoms with E-state index >= 15 is 0 Å². The molecule has 0 spiro atoms. The first-order valence-corrected chi connectivity index (χ1v) is 11.1. The van der Waals surface area contributed by atoms with Gasteiger partial charge in [-0.05, 0) is 60.9 Å². The second-order valence-corrected chi connectivity index (χ2v) is 8.13. The Morgan fingerprint density at radius 3 is 1.56 bits per heavy atom. The molecule has 6 heteroatoms. The minimum absolute atomic E-state index is 0. The zero-order chi connectivity index (χ0) is 23.9. The molecule has 1 atom stereocenters. The first-order valence-electron chi connectivity index (χ1n) is 11.1. The maximum Gasteiger partial charge on any atom is 0.255 e. The van der Waals surface area contributed by atoms with Crippen molar-refractivity contribution in [1.29, 1.82) is 0 Å². The molecule has 0 saturated carbocycles. The molecular formula is C28H27N3O3. The number of allylic oxidation sites excluding steroid dienone is 3. The molecule has 3 aromatic carbocycles. The van der Waals surface area contributed by atoms with Gasteiger partial charge in [0.05, 0.1) is 0 Å². The van der Waals surface area contributed by atoms with Crippen LogP contribution in [0.15, 0.2) is 103 Å². The van der Waals surface area contributed by atoms with Crippen molar-refractivity contribution >= 4 is 29.1 Å². The molecule has 0 aromatic heterocycles. The number of hydrogen-bond acceptors (Lipinski definition) is 3. The van der Waals surface area contributed by atoms with E-state index in [1.807, 2.05) is 54.6 Å². The van der Waals surface area contributed by atoms with E-state index in [1.165, 1.54) is 18.2 Å². The van der Waals surface area contributed by atoms with Crippen molar-refractivity contribution in [2.24, 2.45) is 5.92 Å². The third kappa shape index (κ3) is 5.86. The van der Waals surface area contributed by atoms with E-state index in [0.717, 1.165) is 6.42 Å². The van der Waals surface area contributed by atoms with Crippen LogP contribution in [0.3, 0.4) is 0 Å². The third-order valence-electron chi connectivity index (χ3n) is 5.35. The summed E-state index contributed by atoms with van der Waals surface area (Å²) in [5, 5.41) is 8.46. The van der Waals surface area contributed by atoms with Crippen LogP contribution in [0.5, 0.6) is 0 Å². The van der Waals surface area contributed by atoms with Crippen molar-refractivity contribution in [1.82, 2.24) is 5.32 Å². The van der Waals surface area contributed by atoms with Gasteiger partial charge in [-0.15, -0.1) is 0 Å². The molecule has 0 bridgehead atoms. The van der Waals surface area contributed by atoms with Crippen LogP contribution in [0.4, 0.5) is 11.4 Å². The zero-order valence-corrected chi connectivity index (χ0v) is 18.7. The van der Waals surface area contributed by atoms with E-state index in [-0.39, 0.29) is 18.1 Å². The summed E-state index contributed by atoms with van der Waals surface area (Å²) in [5.41, 5.74) is 2.55. The number of nitrogens with one attached hydrogen (secondary N) is 3. The van der Waals surface area contributed by atoms with E-state index in [0.29, 0.717) is 23.0 Å². The molecule has 1 unspecified atom stereocenters. The summed E-state index contributed by atoms with van der Waals surface area (Å²) in [5.74, 6) is -0.812. The molecule has 1 aliphatic carbocycles. The van der Waals surface area contributed by atoms with E-state index < -0.39 is 17.7 Å². The van der Waals surface area contributed by atoms with Crippen LogP contribution in [0.2, 0.25) is 0 Å². The van der Waals surface area contributed by atoms with Gasteiger partial charge in [0.1, 0.15) is 0 Å². The van der Waals surface area contributed by atoms with Gasteiger partial charge in [-0.2, -0.15) is 0 Å². The van der Waals surface area contributed by atoms with Gasteiger partial charge in [0, 0.05) is 35.2 Å². The fourth-order valence-corrected chi connectivity index (χ4v) is 3.49. The molecular weight excluding hydrogens is 426 g/mol. The molecule has 0 saturated heterocycles. The number of anilines is 2. The first-order chi connectivity index (χ1) is 16.5. The molecule has 0 aliphatic heterocycles. The minimum atomic E-state index is -0.416. The smallest absolute Gasteiger partial charge is 0.255 e. The Balaban J connectivity index is 0.00000342. The summed E-state index contributed by atoms with van der Waals surface area (Å²) in [7, 11) is 0. The number of carbonyl (C=O) groups excluding carboxylic acids is 3. The van der Waals surface area contributed by atoms with Crippen molar-refractivity contribution in [3.63, 3.8) is 0 Å². The van der Waals surface area contributed by atoms with Crippen LogP contribution < -0.4 is 16.0 Å². The van der Waals surface area contributed by atoms with Crippen molar-refractivity contribution < 1.29 is 15.8 Å². The molecule has 0 fully saturated rings. The van der Waals surface area contributed by atoms with Crippen molar-refractivity contribution in [3.8, 4) is 0 Å². The van der Waals surface area contributed by atoms with Crippen LogP contribution in [0.25, 0.3) is 0 Å². The van der Waals surface area contributed by atoms with E-state index in [4.69, 9.17) is 0 Å². The summed E-state index contributed by atoms with van der Waals surface area (Å²) >= 11 is 0. The highest BCUT2D eigenvalue weighted by atomic mass is 16.2. The summed E-state index contributed by atoms with van der Waals surface area (Å²) in [6, 6.07) is 22.5. The Morgan fingerprint density at radius 2 is 1.15 bits per heavy atom. The lowest BCUT2D eigenvalue weighted by atomic mass is 10.0. The van der Waals surface area contributed by atoms with Crippen LogP contribution in [-0.4, -0.2) is 17.7 Å². The molecule has 1 aliphatic rings. The molecule has 34 heavy (non-hydrogen) atoms. The van der Waals surface area contributed by atoms with Gasteiger partial charge in [0.25, 0.3) is 17.7 Å². The van der Waals surface area contributed by atoms with Gasteiger partial charge in [-0.1, -0.05) is 55.5 Å². The second-order valence-electron chi connectivity index (χ2n) is 8.13. The van der Waals surface area contributed by atoms with Crippen LogP contribution in [0, 0.1) is 5.92 Å². The normalized spacial score (nSPS) is 14.6. The van der Waals surface area contributed by atoms with Gasteiger partial charge in [0.15, 0.2) is 0 Å². The van der Waals surface area contributed by atoms with Gasteiger partial charge in [0.2, 0.25) is 0 Å². The average Bonchev–Trinajstić information content (AvgIpc) is 2.86. The van der Waals surface area contributed by atoms with Gasteiger partial charge in [-0.25, -0.2) is 0 Å². The highest BCUT2D eigenvalue weighted by molar-refractivity contribution is 6.11. The Kier molecular flexibility index (Phi) is 6.98. The number of amides is 3. The average molecular weight is 454 g/mol. The maximum absolute atomic E-state index is 13.0. The monoisotopic (exact) mass is 453 g/mol. The van der Waals surface area contributed by atoms with Gasteiger partial charge >= 0.3 is 0 Å². The fraction of sp³-hybridized carbons (Fsp3) is 0.107. The maximum atomic E-state index is 13.0. The van der Waals surface area contributed by atoms with Gasteiger partial charge < -0.3 is 16.0 Å². The van der Waals surface area contributed by atoms with Crippen LogP contribution >= 0.6 is 0 Å². The Morgan fingerprint density at radius 1 is 0.706 bits per heavy atom. The number of benzene rings is 3. The topological polar surface area (TPSA) is 87.3 Å². The van der Waals surface area contributed by atoms with Crippen molar-refractivity contribution in [3.05, 3.63) is 119 Å². The summed E-state index contributed by atoms with van der Waals surface area (Å²) in [6.45, 7) is 2.10. The molecule has 4 rings (SSSR count). The lowest BCUT2D eigenvalue weighted by molar-refractivity contribution is 0.0966. The number of hydrogen-bond donors (Lipinski definition) is 3. The molecule has 0 heterocycles. The summed E-state index contributed by atoms with van der Waals surface area (Å²) in [6.07, 6.45) is 6.67. The number of rotatable bonds is 6. The Labute approximate surface area is 199 Å². The first kappa shape index (κ1) is 22.7. The molecule has 6 nitrogen and oxygen atoms in total. The van der Waals surface area contributed by atoms with Gasteiger partial charge in [-0.3, -0.25) is 14.4 Å². The quantitative estimate of drug-likeness (QED) is 0.451. The Bertz CT molecular complexity index is 1200. The van der Waals surface area contributed by atoms with Crippen molar-refractivity contribution in [2.75, 3.05) is 10.6 Å². The van der Waals surface area contributed by atoms with Crippen LogP contribution in [-0.2, 0) is 0 Å². The zero-order valence-electron chi connectivity index (χ0n) is 18.7. The van der Waals surface area contributed by atoms with E-state index in [9.17, 15) is 14.4 Å². The number of carbonyl (C=O) groups is 3. The summed E-state index contributed by atoms with van der Waals surface area (Å²) in [4.78, 5) is 38.9. The minimum Gasteiger partial charge on any atom is -0.322 e. The molecule has 3 aromatic rings.